The number of aliphatic hydroxyl groups excluding tert-OH is 2. The lowest BCUT2D eigenvalue weighted by Gasteiger charge is -2.14. The average molecular weight is 290 g/mol. The maximum Gasteiger partial charge on any atom is 0.122 e. The molecule has 2 aromatic carbocycles. The Labute approximate surface area is 124 Å². The zero-order valence-corrected chi connectivity index (χ0v) is 12.7. The van der Waals surface area contributed by atoms with Crippen molar-refractivity contribution in [2.45, 2.75) is 33.0 Å². The van der Waals surface area contributed by atoms with Gasteiger partial charge < -0.3 is 19.7 Å². The largest absolute Gasteiger partial charge is 0.491 e. The van der Waals surface area contributed by atoms with E-state index in [0.29, 0.717) is 0 Å². The Hall–Kier alpha value is -1.78. The van der Waals surface area contributed by atoms with E-state index in [2.05, 4.69) is 0 Å². The molecule has 0 aliphatic heterocycles. The molecule has 4 heteroatoms. The Morgan fingerprint density at radius 3 is 2.29 bits per heavy atom. The summed E-state index contributed by atoms with van der Waals surface area (Å²) in [4.78, 5) is 0. The van der Waals surface area contributed by atoms with Crippen molar-refractivity contribution < 1.29 is 19.7 Å². The molecule has 2 rings (SSSR count). The number of fused-ring (bicyclic) bond motifs is 1. The summed E-state index contributed by atoms with van der Waals surface area (Å²) in [6, 6.07) is 9.68. The standard InChI is InChI=1S/C17H22O4/c1-11(18)9-20-15-5-6-16-13(3)17(21-10-12(2)19)7-4-14(16)8-15/h4-8,11-12,18-19H,9-10H2,1-3H3. The summed E-state index contributed by atoms with van der Waals surface area (Å²) in [5.74, 6) is 1.52. The van der Waals surface area contributed by atoms with Crippen LogP contribution in [0.4, 0.5) is 0 Å². The van der Waals surface area contributed by atoms with Gasteiger partial charge in [-0.1, -0.05) is 12.1 Å². The van der Waals surface area contributed by atoms with Crippen molar-refractivity contribution in [2.24, 2.45) is 0 Å². The van der Waals surface area contributed by atoms with Gasteiger partial charge >= 0.3 is 0 Å². The predicted molar refractivity (Wildman–Crippen MR) is 83.0 cm³/mol. The first-order chi connectivity index (χ1) is 9.97. The minimum atomic E-state index is -0.489. The molecule has 114 valence electrons. The molecule has 2 N–H and O–H groups in total. The second-order valence-corrected chi connectivity index (χ2v) is 5.39. The minimum absolute atomic E-state index is 0.278. The topological polar surface area (TPSA) is 58.9 Å². The van der Waals surface area contributed by atoms with E-state index in [0.717, 1.165) is 27.8 Å². The highest BCUT2D eigenvalue weighted by molar-refractivity contribution is 5.88. The summed E-state index contributed by atoms with van der Waals surface area (Å²) in [6.07, 6.45) is -0.977. The van der Waals surface area contributed by atoms with Crippen LogP contribution in [0.15, 0.2) is 30.3 Å². The lowest BCUT2D eigenvalue weighted by atomic mass is 10.0. The molecule has 0 heterocycles. The second-order valence-electron chi connectivity index (χ2n) is 5.39. The number of hydrogen-bond acceptors (Lipinski definition) is 4. The molecule has 0 radical (unpaired) electrons. The molecule has 2 atom stereocenters. The van der Waals surface area contributed by atoms with Crippen molar-refractivity contribution in [1.82, 2.24) is 0 Å². The molecular weight excluding hydrogens is 268 g/mol. The molecule has 0 aliphatic carbocycles. The van der Waals surface area contributed by atoms with E-state index in [4.69, 9.17) is 9.47 Å². The molecule has 0 saturated carbocycles. The zero-order valence-electron chi connectivity index (χ0n) is 12.7. The Kier molecular flexibility index (Phi) is 5.04. The van der Waals surface area contributed by atoms with Crippen molar-refractivity contribution in [3.8, 4) is 11.5 Å². The van der Waals surface area contributed by atoms with E-state index in [1.807, 2.05) is 37.3 Å². The van der Waals surface area contributed by atoms with Gasteiger partial charge in [0.15, 0.2) is 0 Å². The fraction of sp³-hybridized carbons (Fsp3) is 0.412. The second kappa shape index (κ2) is 6.78. The summed E-state index contributed by atoms with van der Waals surface area (Å²) < 4.78 is 11.1. The van der Waals surface area contributed by atoms with E-state index in [1.165, 1.54) is 0 Å². The van der Waals surface area contributed by atoms with Gasteiger partial charge in [-0.25, -0.2) is 0 Å². The molecule has 0 aromatic heterocycles. The number of rotatable bonds is 6. The van der Waals surface area contributed by atoms with Gasteiger partial charge in [-0.3, -0.25) is 0 Å². The molecule has 0 saturated heterocycles. The van der Waals surface area contributed by atoms with E-state index in [9.17, 15) is 10.2 Å². The summed E-state index contributed by atoms with van der Waals surface area (Å²) >= 11 is 0. The van der Waals surface area contributed by atoms with Crippen LogP contribution in [0.5, 0.6) is 11.5 Å². The monoisotopic (exact) mass is 290 g/mol. The average Bonchev–Trinajstić information content (AvgIpc) is 2.44. The van der Waals surface area contributed by atoms with Crippen molar-refractivity contribution in [1.29, 1.82) is 0 Å². The van der Waals surface area contributed by atoms with E-state index >= 15 is 0 Å². The van der Waals surface area contributed by atoms with E-state index in [-0.39, 0.29) is 13.2 Å². The van der Waals surface area contributed by atoms with Gasteiger partial charge in [-0.2, -0.15) is 0 Å². The number of benzene rings is 2. The Bertz CT molecular complexity index is 605. The van der Waals surface area contributed by atoms with Crippen molar-refractivity contribution in [3.63, 3.8) is 0 Å². The zero-order chi connectivity index (χ0) is 15.4. The Morgan fingerprint density at radius 2 is 1.62 bits per heavy atom. The third-order valence-corrected chi connectivity index (χ3v) is 3.18. The molecule has 0 amide bonds. The highest BCUT2D eigenvalue weighted by Gasteiger charge is 2.07. The van der Waals surface area contributed by atoms with Crippen LogP contribution in [0.2, 0.25) is 0 Å². The Morgan fingerprint density at radius 1 is 0.952 bits per heavy atom. The van der Waals surface area contributed by atoms with Crippen LogP contribution in [-0.2, 0) is 0 Å². The summed E-state index contributed by atoms with van der Waals surface area (Å²) in [5.41, 5.74) is 1.04. The van der Waals surface area contributed by atoms with Crippen molar-refractivity contribution in [2.75, 3.05) is 13.2 Å². The summed E-state index contributed by atoms with van der Waals surface area (Å²) in [5, 5.41) is 20.7. The number of aliphatic hydroxyl groups is 2. The van der Waals surface area contributed by atoms with Gasteiger partial charge in [0.05, 0.1) is 12.2 Å². The van der Waals surface area contributed by atoms with Crippen LogP contribution < -0.4 is 9.47 Å². The van der Waals surface area contributed by atoms with Crippen LogP contribution >= 0.6 is 0 Å². The molecule has 0 aliphatic rings. The molecular formula is C17H22O4. The van der Waals surface area contributed by atoms with Gasteiger partial charge in [0.2, 0.25) is 0 Å². The summed E-state index contributed by atoms with van der Waals surface area (Å²) in [6.45, 7) is 5.94. The predicted octanol–water partition coefficient (Wildman–Crippen LogP) is 2.67. The maximum atomic E-state index is 9.30. The normalized spacial score (nSPS) is 14.0. The molecule has 2 aromatic rings. The third kappa shape index (κ3) is 4.09. The lowest BCUT2D eigenvalue weighted by Crippen LogP contribution is -2.13. The minimum Gasteiger partial charge on any atom is -0.491 e. The highest BCUT2D eigenvalue weighted by Crippen LogP contribution is 2.30. The fourth-order valence-corrected chi connectivity index (χ4v) is 2.12. The van der Waals surface area contributed by atoms with Crippen LogP contribution in [0.1, 0.15) is 19.4 Å². The van der Waals surface area contributed by atoms with Gasteiger partial charge in [-0.05, 0) is 55.3 Å². The highest BCUT2D eigenvalue weighted by atomic mass is 16.5. The van der Waals surface area contributed by atoms with E-state index < -0.39 is 12.2 Å². The number of hydrogen-bond donors (Lipinski definition) is 2. The smallest absolute Gasteiger partial charge is 0.122 e. The van der Waals surface area contributed by atoms with Crippen LogP contribution in [0, 0.1) is 6.92 Å². The van der Waals surface area contributed by atoms with Crippen molar-refractivity contribution in [3.05, 3.63) is 35.9 Å². The Balaban J connectivity index is 2.23. The molecule has 0 fully saturated rings. The fourth-order valence-electron chi connectivity index (χ4n) is 2.12. The number of ether oxygens (including phenoxy) is 2. The maximum absolute atomic E-state index is 9.30. The first-order valence-corrected chi connectivity index (χ1v) is 7.12. The van der Waals surface area contributed by atoms with Gasteiger partial charge in [0, 0.05) is 0 Å². The van der Waals surface area contributed by atoms with Gasteiger partial charge in [-0.15, -0.1) is 0 Å². The third-order valence-electron chi connectivity index (χ3n) is 3.18. The van der Waals surface area contributed by atoms with Crippen LogP contribution in [0.25, 0.3) is 10.8 Å². The van der Waals surface area contributed by atoms with Gasteiger partial charge in [0.25, 0.3) is 0 Å². The van der Waals surface area contributed by atoms with E-state index in [1.54, 1.807) is 13.8 Å². The molecule has 2 unspecified atom stereocenters. The van der Waals surface area contributed by atoms with Crippen LogP contribution in [-0.4, -0.2) is 35.6 Å². The van der Waals surface area contributed by atoms with Crippen molar-refractivity contribution >= 4 is 10.8 Å². The molecule has 0 spiro atoms. The quantitative estimate of drug-likeness (QED) is 0.858. The summed E-state index contributed by atoms with van der Waals surface area (Å²) in [7, 11) is 0. The van der Waals surface area contributed by atoms with Crippen LogP contribution in [0.3, 0.4) is 0 Å². The first-order valence-electron chi connectivity index (χ1n) is 7.12. The van der Waals surface area contributed by atoms with Gasteiger partial charge in [0.1, 0.15) is 24.7 Å². The SMILES string of the molecule is Cc1c(OCC(C)O)ccc2cc(OCC(C)O)ccc12. The molecule has 21 heavy (non-hydrogen) atoms. The number of aryl methyl sites for hydroxylation is 1. The molecule has 0 bridgehead atoms. The molecule has 4 nitrogen and oxygen atoms in total. The first kappa shape index (κ1) is 15.6. The lowest BCUT2D eigenvalue weighted by molar-refractivity contribution is 0.122.